The van der Waals surface area contributed by atoms with E-state index >= 15 is 0 Å². The summed E-state index contributed by atoms with van der Waals surface area (Å²) in [5, 5.41) is 0. The van der Waals surface area contributed by atoms with Crippen LogP contribution in [-0.2, 0) is 4.74 Å². The molecule has 15 heavy (non-hydrogen) atoms. The van der Waals surface area contributed by atoms with E-state index in [2.05, 4.69) is 0 Å². The Labute approximate surface area is 90.3 Å². The Balaban J connectivity index is 2.27. The van der Waals surface area contributed by atoms with Crippen molar-refractivity contribution in [1.82, 2.24) is 0 Å². The molecule has 2 nitrogen and oxygen atoms in total. The largest absolute Gasteiger partial charge is 0.370 e. The van der Waals surface area contributed by atoms with Crippen LogP contribution in [0.3, 0.4) is 0 Å². The standard InChI is InChI=1S/C13H16O2/c1-10-5-3-6-11(9-10)12(14)13(15-2)7-4-8-13/h3,5-6,9H,4,7-8H2,1-2H3. The minimum Gasteiger partial charge on any atom is -0.370 e. The quantitative estimate of drug-likeness (QED) is 0.708. The lowest BCUT2D eigenvalue weighted by molar-refractivity contribution is -0.0448. The first-order valence-corrected chi connectivity index (χ1v) is 5.34. The summed E-state index contributed by atoms with van der Waals surface area (Å²) < 4.78 is 5.38. The molecule has 0 aromatic heterocycles. The van der Waals surface area contributed by atoms with Gasteiger partial charge in [-0.25, -0.2) is 0 Å². The summed E-state index contributed by atoms with van der Waals surface area (Å²) in [5.74, 6) is 0.139. The van der Waals surface area contributed by atoms with E-state index in [9.17, 15) is 4.79 Å². The highest BCUT2D eigenvalue weighted by atomic mass is 16.5. The molecule has 2 heteroatoms. The van der Waals surface area contributed by atoms with E-state index in [1.54, 1.807) is 7.11 Å². The second-order valence-corrected chi connectivity index (χ2v) is 4.25. The summed E-state index contributed by atoms with van der Waals surface area (Å²) >= 11 is 0. The Kier molecular flexibility index (Phi) is 2.61. The van der Waals surface area contributed by atoms with E-state index in [1.165, 1.54) is 0 Å². The maximum atomic E-state index is 12.2. The van der Waals surface area contributed by atoms with Crippen molar-refractivity contribution < 1.29 is 9.53 Å². The molecule has 1 aliphatic carbocycles. The number of ketones is 1. The first-order chi connectivity index (χ1) is 7.18. The van der Waals surface area contributed by atoms with Crippen molar-refractivity contribution in [2.75, 3.05) is 7.11 Å². The van der Waals surface area contributed by atoms with E-state index in [0.29, 0.717) is 0 Å². The van der Waals surface area contributed by atoms with Gasteiger partial charge in [-0.15, -0.1) is 0 Å². The highest BCUT2D eigenvalue weighted by Gasteiger charge is 2.44. The van der Waals surface area contributed by atoms with Gasteiger partial charge in [0.2, 0.25) is 0 Å². The number of rotatable bonds is 3. The van der Waals surface area contributed by atoms with Gasteiger partial charge in [0.15, 0.2) is 5.78 Å². The van der Waals surface area contributed by atoms with Crippen molar-refractivity contribution in [1.29, 1.82) is 0 Å². The van der Waals surface area contributed by atoms with Crippen molar-refractivity contribution in [3.63, 3.8) is 0 Å². The van der Waals surface area contributed by atoms with E-state index in [-0.39, 0.29) is 5.78 Å². The molecule has 1 fully saturated rings. The average molecular weight is 204 g/mol. The Morgan fingerprint density at radius 3 is 2.60 bits per heavy atom. The smallest absolute Gasteiger partial charge is 0.194 e. The normalized spacial score (nSPS) is 18.3. The summed E-state index contributed by atoms with van der Waals surface area (Å²) in [6.07, 6.45) is 2.80. The molecule has 1 saturated carbocycles. The van der Waals surface area contributed by atoms with Gasteiger partial charge in [0.05, 0.1) is 0 Å². The number of hydrogen-bond acceptors (Lipinski definition) is 2. The van der Waals surface area contributed by atoms with Crippen LogP contribution in [0, 0.1) is 6.92 Å². The van der Waals surface area contributed by atoms with Crippen LogP contribution in [0.25, 0.3) is 0 Å². The van der Waals surface area contributed by atoms with Gasteiger partial charge in [-0.3, -0.25) is 4.79 Å². The van der Waals surface area contributed by atoms with Crippen molar-refractivity contribution in [2.24, 2.45) is 0 Å². The summed E-state index contributed by atoms with van der Waals surface area (Å²) in [7, 11) is 1.63. The summed E-state index contributed by atoms with van der Waals surface area (Å²) in [6, 6.07) is 7.72. The van der Waals surface area contributed by atoms with Crippen LogP contribution in [0.15, 0.2) is 24.3 Å². The van der Waals surface area contributed by atoms with Crippen LogP contribution in [0.4, 0.5) is 0 Å². The number of carbonyl (C=O) groups is 1. The van der Waals surface area contributed by atoms with Gasteiger partial charge in [-0.1, -0.05) is 23.8 Å². The molecule has 2 rings (SSSR count). The van der Waals surface area contributed by atoms with E-state index in [4.69, 9.17) is 4.74 Å². The zero-order chi connectivity index (χ0) is 10.9. The monoisotopic (exact) mass is 204 g/mol. The fraction of sp³-hybridized carbons (Fsp3) is 0.462. The molecule has 0 amide bonds. The zero-order valence-corrected chi connectivity index (χ0v) is 9.25. The van der Waals surface area contributed by atoms with Crippen molar-refractivity contribution in [3.8, 4) is 0 Å². The number of ether oxygens (including phenoxy) is 1. The van der Waals surface area contributed by atoms with Crippen LogP contribution >= 0.6 is 0 Å². The molecule has 0 N–H and O–H groups in total. The molecule has 0 spiro atoms. The van der Waals surface area contributed by atoms with E-state index in [1.807, 2.05) is 31.2 Å². The fourth-order valence-corrected chi connectivity index (χ4v) is 2.07. The molecule has 1 aromatic carbocycles. The van der Waals surface area contributed by atoms with Crippen molar-refractivity contribution in [3.05, 3.63) is 35.4 Å². The Bertz CT molecular complexity index is 372. The van der Waals surface area contributed by atoms with Crippen LogP contribution in [0.2, 0.25) is 0 Å². The Hall–Kier alpha value is -1.15. The predicted octanol–water partition coefficient (Wildman–Crippen LogP) is 2.75. The highest BCUT2D eigenvalue weighted by molar-refractivity contribution is 6.03. The molecule has 0 bridgehead atoms. The summed E-state index contributed by atoms with van der Waals surface area (Å²) in [6.45, 7) is 2.00. The van der Waals surface area contributed by atoms with Crippen LogP contribution in [0.5, 0.6) is 0 Å². The van der Waals surface area contributed by atoms with Gasteiger partial charge in [-0.05, 0) is 32.3 Å². The van der Waals surface area contributed by atoms with Crippen LogP contribution in [-0.4, -0.2) is 18.5 Å². The van der Waals surface area contributed by atoms with E-state index in [0.717, 1.165) is 30.4 Å². The minimum atomic E-state index is -0.520. The molecule has 0 heterocycles. The Morgan fingerprint density at radius 1 is 1.40 bits per heavy atom. The second-order valence-electron chi connectivity index (χ2n) is 4.25. The average Bonchev–Trinajstić information content (AvgIpc) is 2.17. The first kappa shape index (κ1) is 10.4. The maximum absolute atomic E-state index is 12.2. The predicted molar refractivity (Wildman–Crippen MR) is 59.1 cm³/mol. The van der Waals surface area contributed by atoms with Gasteiger partial charge >= 0.3 is 0 Å². The molecule has 0 radical (unpaired) electrons. The third-order valence-corrected chi connectivity index (χ3v) is 3.25. The topological polar surface area (TPSA) is 26.3 Å². The molecule has 1 aliphatic rings. The molecule has 0 aliphatic heterocycles. The van der Waals surface area contributed by atoms with Crippen molar-refractivity contribution >= 4 is 5.78 Å². The highest BCUT2D eigenvalue weighted by Crippen LogP contribution is 2.37. The molecule has 80 valence electrons. The van der Waals surface area contributed by atoms with Gasteiger partial charge in [0.25, 0.3) is 0 Å². The number of methoxy groups -OCH3 is 1. The minimum absolute atomic E-state index is 0.139. The maximum Gasteiger partial charge on any atom is 0.194 e. The molecular formula is C13H16O2. The van der Waals surface area contributed by atoms with Gasteiger partial charge in [0.1, 0.15) is 5.60 Å². The third-order valence-electron chi connectivity index (χ3n) is 3.25. The SMILES string of the molecule is COC1(C(=O)c2cccc(C)c2)CCC1. The first-order valence-electron chi connectivity index (χ1n) is 5.34. The summed E-state index contributed by atoms with van der Waals surface area (Å²) in [5.41, 5.74) is 1.37. The van der Waals surface area contributed by atoms with Crippen LogP contribution in [0.1, 0.15) is 35.2 Å². The molecule has 0 saturated heterocycles. The number of carbonyl (C=O) groups excluding carboxylic acids is 1. The number of hydrogen-bond donors (Lipinski definition) is 0. The number of Topliss-reactive ketones (excluding diaryl/α,β-unsaturated/α-hetero) is 1. The molecule has 0 unspecified atom stereocenters. The molecule has 0 atom stereocenters. The zero-order valence-electron chi connectivity index (χ0n) is 9.25. The van der Waals surface area contributed by atoms with Crippen LogP contribution < -0.4 is 0 Å². The van der Waals surface area contributed by atoms with Gasteiger partial charge in [0, 0.05) is 12.7 Å². The number of aryl methyl sites for hydroxylation is 1. The second kappa shape index (κ2) is 3.78. The molecule has 1 aromatic rings. The summed E-state index contributed by atoms with van der Waals surface area (Å²) in [4.78, 5) is 12.2. The fourth-order valence-electron chi connectivity index (χ4n) is 2.07. The van der Waals surface area contributed by atoms with Crippen molar-refractivity contribution in [2.45, 2.75) is 31.8 Å². The Morgan fingerprint density at radius 2 is 2.13 bits per heavy atom. The van der Waals surface area contributed by atoms with Gasteiger partial charge < -0.3 is 4.74 Å². The molecular weight excluding hydrogens is 188 g/mol. The van der Waals surface area contributed by atoms with E-state index < -0.39 is 5.60 Å². The number of benzene rings is 1. The lowest BCUT2D eigenvalue weighted by Crippen LogP contribution is -2.47. The van der Waals surface area contributed by atoms with Gasteiger partial charge in [-0.2, -0.15) is 0 Å². The lowest BCUT2D eigenvalue weighted by atomic mass is 9.74. The third kappa shape index (κ3) is 1.70. The lowest BCUT2D eigenvalue weighted by Gasteiger charge is -2.38.